The first-order chi connectivity index (χ1) is 9.32. The number of rotatable bonds is 4. The highest BCUT2D eigenvalue weighted by molar-refractivity contribution is 5.93. The second-order valence-corrected chi connectivity index (χ2v) is 5.20. The molecular weight excluding hydrogens is 269 g/mol. The Morgan fingerprint density at radius 1 is 1.45 bits per heavy atom. The van der Waals surface area contributed by atoms with Crippen molar-refractivity contribution in [1.82, 2.24) is 0 Å². The van der Waals surface area contributed by atoms with Crippen LogP contribution in [0.15, 0.2) is 18.2 Å². The minimum Gasteiger partial charge on any atom is -0.326 e. The average Bonchev–Trinajstić information content (AvgIpc) is 3.21. The minimum atomic E-state index is -4.52. The van der Waals surface area contributed by atoms with E-state index in [0.717, 1.165) is 18.9 Å². The van der Waals surface area contributed by atoms with Gasteiger partial charge in [-0.3, -0.25) is 4.79 Å². The molecule has 2 rings (SSSR count). The monoisotopic (exact) mass is 286 g/mol. The minimum absolute atomic E-state index is 0.0236. The van der Waals surface area contributed by atoms with Gasteiger partial charge in [-0.1, -0.05) is 13.0 Å². The van der Waals surface area contributed by atoms with Gasteiger partial charge in [-0.15, -0.1) is 0 Å². The molecule has 6 heteroatoms. The van der Waals surface area contributed by atoms with Gasteiger partial charge in [-0.05, 0) is 36.5 Å². The van der Waals surface area contributed by atoms with E-state index >= 15 is 0 Å². The van der Waals surface area contributed by atoms with E-state index in [4.69, 9.17) is 5.73 Å². The fraction of sp³-hybridized carbons (Fsp3) is 0.500. The summed E-state index contributed by atoms with van der Waals surface area (Å²) in [5.74, 6) is -0.323. The highest BCUT2D eigenvalue weighted by Crippen LogP contribution is 2.39. The average molecular weight is 286 g/mol. The predicted octanol–water partition coefficient (Wildman–Crippen LogP) is 3.15. The third-order valence-electron chi connectivity index (χ3n) is 3.63. The van der Waals surface area contributed by atoms with E-state index in [2.05, 4.69) is 5.32 Å². The molecule has 1 aromatic rings. The third kappa shape index (κ3) is 3.30. The van der Waals surface area contributed by atoms with Crippen LogP contribution in [0.1, 0.15) is 30.9 Å². The van der Waals surface area contributed by atoms with Crippen molar-refractivity contribution in [1.29, 1.82) is 0 Å². The Labute approximate surface area is 115 Å². The molecule has 1 saturated carbocycles. The maximum absolute atomic E-state index is 13.0. The van der Waals surface area contributed by atoms with Crippen LogP contribution in [0, 0.1) is 11.8 Å². The molecule has 1 unspecified atom stereocenters. The molecule has 110 valence electrons. The van der Waals surface area contributed by atoms with Gasteiger partial charge < -0.3 is 11.1 Å². The van der Waals surface area contributed by atoms with Crippen molar-refractivity contribution in [2.24, 2.45) is 17.6 Å². The zero-order valence-corrected chi connectivity index (χ0v) is 11.1. The number of halogens is 3. The number of benzene rings is 1. The first kappa shape index (κ1) is 14.8. The summed E-state index contributed by atoms with van der Waals surface area (Å²) < 4.78 is 39.0. The summed E-state index contributed by atoms with van der Waals surface area (Å²) in [4.78, 5) is 11.9. The summed E-state index contributed by atoms with van der Waals surface area (Å²) in [5.41, 5.74) is 4.68. The van der Waals surface area contributed by atoms with E-state index in [-0.39, 0.29) is 24.1 Å². The number of hydrogen-bond donors (Lipinski definition) is 2. The van der Waals surface area contributed by atoms with Crippen molar-refractivity contribution in [3.05, 3.63) is 29.3 Å². The zero-order valence-electron chi connectivity index (χ0n) is 11.1. The van der Waals surface area contributed by atoms with E-state index in [1.54, 1.807) is 6.92 Å². The van der Waals surface area contributed by atoms with E-state index in [1.807, 2.05) is 0 Å². The molecule has 1 fully saturated rings. The summed E-state index contributed by atoms with van der Waals surface area (Å²) in [6.07, 6.45) is -2.59. The quantitative estimate of drug-likeness (QED) is 0.893. The molecule has 20 heavy (non-hydrogen) atoms. The lowest BCUT2D eigenvalue weighted by Gasteiger charge is -2.17. The Morgan fingerprint density at radius 2 is 2.10 bits per heavy atom. The first-order valence-electron chi connectivity index (χ1n) is 6.54. The van der Waals surface area contributed by atoms with Crippen molar-refractivity contribution in [3.8, 4) is 0 Å². The van der Waals surface area contributed by atoms with E-state index in [0.29, 0.717) is 11.5 Å². The van der Waals surface area contributed by atoms with Crippen LogP contribution in [0.5, 0.6) is 0 Å². The largest absolute Gasteiger partial charge is 0.418 e. The lowest BCUT2D eigenvalue weighted by atomic mass is 10.0. The van der Waals surface area contributed by atoms with Gasteiger partial charge in [0.15, 0.2) is 0 Å². The number of amides is 1. The van der Waals surface area contributed by atoms with Crippen LogP contribution in [0.25, 0.3) is 0 Å². The van der Waals surface area contributed by atoms with Crippen molar-refractivity contribution >= 4 is 11.6 Å². The first-order valence-corrected chi connectivity index (χ1v) is 6.54. The molecule has 1 aliphatic rings. The number of anilines is 1. The van der Waals surface area contributed by atoms with E-state index < -0.39 is 11.7 Å². The van der Waals surface area contributed by atoms with Gasteiger partial charge in [0.1, 0.15) is 0 Å². The number of nitrogens with two attached hydrogens (primary N) is 1. The highest BCUT2D eigenvalue weighted by Gasteiger charge is 2.36. The van der Waals surface area contributed by atoms with Crippen LogP contribution in [0.3, 0.4) is 0 Å². The molecule has 1 aromatic carbocycles. The molecule has 0 aromatic heterocycles. The van der Waals surface area contributed by atoms with Gasteiger partial charge in [-0.25, -0.2) is 0 Å². The highest BCUT2D eigenvalue weighted by atomic mass is 19.4. The van der Waals surface area contributed by atoms with Crippen molar-refractivity contribution in [2.75, 3.05) is 5.32 Å². The summed E-state index contributed by atoms with van der Waals surface area (Å²) in [6.45, 7) is 1.77. The van der Waals surface area contributed by atoms with Crippen LogP contribution < -0.4 is 11.1 Å². The molecule has 1 amide bonds. The van der Waals surface area contributed by atoms with Crippen molar-refractivity contribution in [2.45, 2.75) is 32.5 Å². The van der Waals surface area contributed by atoms with Gasteiger partial charge in [0.05, 0.1) is 11.3 Å². The van der Waals surface area contributed by atoms with Crippen LogP contribution >= 0.6 is 0 Å². The van der Waals surface area contributed by atoms with Crippen LogP contribution in [-0.2, 0) is 17.5 Å². The second kappa shape index (κ2) is 5.44. The molecule has 1 aliphatic carbocycles. The normalized spacial score (nSPS) is 16.9. The van der Waals surface area contributed by atoms with Crippen LogP contribution in [0.4, 0.5) is 18.9 Å². The number of carbonyl (C=O) groups is 1. The molecular formula is C14H17F3N2O. The third-order valence-corrected chi connectivity index (χ3v) is 3.63. The molecule has 0 saturated heterocycles. The summed E-state index contributed by atoms with van der Waals surface area (Å²) >= 11 is 0. The Bertz CT molecular complexity index is 510. The fourth-order valence-corrected chi connectivity index (χ4v) is 2.12. The molecule has 0 heterocycles. The number of hydrogen-bond acceptors (Lipinski definition) is 2. The summed E-state index contributed by atoms with van der Waals surface area (Å²) in [6, 6.07) is 3.74. The van der Waals surface area contributed by atoms with Crippen molar-refractivity contribution in [3.63, 3.8) is 0 Å². The molecule has 0 radical (unpaired) electrons. The van der Waals surface area contributed by atoms with Gasteiger partial charge >= 0.3 is 6.18 Å². The lowest BCUT2D eigenvalue weighted by molar-refractivity contribution is -0.137. The smallest absolute Gasteiger partial charge is 0.326 e. The maximum Gasteiger partial charge on any atom is 0.418 e. The molecule has 0 spiro atoms. The van der Waals surface area contributed by atoms with Gasteiger partial charge in [0.25, 0.3) is 0 Å². The molecule has 1 atom stereocenters. The lowest BCUT2D eigenvalue weighted by Crippen LogP contribution is -2.24. The molecule has 3 N–H and O–H groups in total. The topological polar surface area (TPSA) is 55.1 Å². The molecule has 3 nitrogen and oxygen atoms in total. The van der Waals surface area contributed by atoms with Crippen molar-refractivity contribution < 1.29 is 18.0 Å². The Kier molecular flexibility index (Phi) is 4.04. The van der Waals surface area contributed by atoms with E-state index in [9.17, 15) is 18.0 Å². The van der Waals surface area contributed by atoms with E-state index in [1.165, 1.54) is 12.1 Å². The number of alkyl halides is 3. The Hall–Kier alpha value is -1.56. The summed E-state index contributed by atoms with van der Waals surface area (Å²) in [5, 5.41) is 2.39. The number of nitrogens with one attached hydrogen (secondary N) is 1. The summed E-state index contributed by atoms with van der Waals surface area (Å²) in [7, 11) is 0. The van der Waals surface area contributed by atoms with Gasteiger partial charge in [0.2, 0.25) is 5.91 Å². The Morgan fingerprint density at radius 3 is 2.60 bits per heavy atom. The van der Waals surface area contributed by atoms with Crippen LogP contribution in [0.2, 0.25) is 0 Å². The molecule has 0 aliphatic heterocycles. The molecule has 0 bridgehead atoms. The zero-order chi connectivity index (χ0) is 14.9. The second-order valence-electron chi connectivity index (χ2n) is 5.20. The van der Waals surface area contributed by atoms with Crippen LogP contribution in [-0.4, -0.2) is 5.91 Å². The SMILES string of the molecule is CC(C(=O)Nc1ccc(CN)cc1C(F)(F)F)C1CC1. The maximum atomic E-state index is 13.0. The Balaban J connectivity index is 2.23. The predicted molar refractivity (Wildman–Crippen MR) is 69.9 cm³/mol. The van der Waals surface area contributed by atoms with Gasteiger partial charge in [0, 0.05) is 12.5 Å². The van der Waals surface area contributed by atoms with Gasteiger partial charge in [-0.2, -0.15) is 13.2 Å². The number of carbonyl (C=O) groups excluding carboxylic acids is 1. The standard InChI is InChI=1S/C14H17F3N2O/c1-8(10-3-4-10)13(20)19-12-5-2-9(7-18)6-11(12)14(15,16)17/h2,5-6,8,10H,3-4,7,18H2,1H3,(H,19,20). The fourth-order valence-electron chi connectivity index (χ4n) is 2.12.